The topological polar surface area (TPSA) is 42.0 Å². The Bertz CT molecular complexity index is 634. The van der Waals surface area contributed by atoms with Crippen molar-refractivity contribution in [1.82, 2.24) is 9.80 Å². The number of nitrogens with zero attached hydrogens (tertiary/aromatic N) is 2. The van der Waals surface area contributed by atoms with Gasteiger partial charge in [-0.3, -0.25) is 4.79 Å². The lowest BCUT2D eigenvalue weighted by molar-refractivity contribution is 0.0574. The summed E-state index contributed by atoms with van der Waals surface area (Å²) in [5.41, 5.74) is 0.554. The fourth-order valence-electron chi connectivity index (χ4n) is 3.43. The van der Waals surface area contributed by atoms with Gasteiger partial charge in [0.2, 0.25) is 0 Å². The molecule has 0 saturated carbocycles. The average Bonchev–Trinajstić information content (AvgIpc) is 2.61. The monoisotopic (exact) mass is 396 g/mol. The largest absolute Gasteiger partial charge is 0.493 e. The zero-order chi connectivity index (χ0) is 20.0. The predicted octanol–water partition coefficient (Wildman–Crippen LogP) is 4.33. The van der Waals surface area contributed by atoms with Crippen molar-refractivity contribution >= 4 is 17.5 Å². The van der Waals surface area contributed by atoms with Crippen LogP contribution in [-0.2, 0) is 0 Å². The van der Waals surface area contributed by atoms with Gasteiger partial charge in [0.1, 0.15) is 0 Å². The maximum Gasteiger partial charge on any atom is 0.254 e. The molecule has 0 spiro atoms. The minimum Gasteiger partial charge on any atom is -0.493 e. The van der Waals surface area contributed by atoms with Gasteiger partial charge in [0.15, 0.2) is 11.5 Å². The number of methoxy groups -OCH3 is 1. The molecule has 2 rings (SSSR count). The first-order valence-electron chi connectivity index (χ1n) is 9.79. The first kappa shape index (κ1) is 21.8. The molecule has 6 heteroatoms. The highest BCUT2D eigenvalue weighted by Gasteiger charge is 2.29. The van der Waals surface area contributed by atoms with Crippen molar-refractivity contribution < 1.29 is 14.3 Å². The van der Waals surface area contributed by atoms with Crippen LogP contribution in [0.1, 0.15) is 49.9 Å². The van der Waals surface area contributed by atoms with Gasteiger partial charge in [-0.05, 0) is 57.8 Å². The molecule has 27 heavy (non-hydrogen) atoms. The normalized spacial score (nSPS) is 17.5. The third kappa shape index (κ3) is 6.01. The molecule has 1 aromatic carbocycles. The van der Waals surface area contributed by atoms with Crippen molar-refractivity contribution in [3.05, 3.63) is 22.7 Å². The molecule has 0 N–H and O–H groups in total. The molecule has 1 aromatic rings. The van der Waals surface area contributed by atoms with Crippen molar-refractivity contribution in [3.8, 4) is 11.5 Å². The smallest absolute Gasteiger partial charge is 0.254 e. The van der Waals surface area contributed by atoms with Gasteiger partial charge in [0.05, 0.1) is 18.7 Å². The lowest BCUT2D eigenvalue weighted by Crippen LogP contribution is -2.48. The molecule has 1 atom stereocenters. The van der Waals surface area contributed by atoms with Crippen molar-refractivity contribution in [2.45, 2.75) is 45.6 Å². The van der Waals surface area contributed by atoms with Gasteiger partial charge in [-0.1, -0.05) is 25.4 Å². The summed E-state index contributed by atoms with van der Waals surface area (Å²) in [6.45, 7) is 6.51. The van der Waals surface area contributed by atoms with Gasteiger partial charge in [-0.25, -0.2) is 0 Å². The molecule has 1 amide bonds. The molecular formula is C21H33ClN2O3. The third-order valence-corrected chi connectivity index (χ3v) is 5.16. The van der Waals surface area contributed by atoms with Crippen LogP contribution in [0, 0.1) is 5.92 Å². The zero-order valence-corrected chi connectivity index (χ0v) is 18.0. The molecule has 1 fully saturated rings. The summed E-state index contributed by atoms with van der Waals surface area (Å²) in [6, 6.07) is 3.69. The first-order valence-corrected chi connectivity index (χ1v) is 10.2. The van der Waals surface area contributed by atoms with E-state index in [0.717, 1.165) is 38.8 Å². The Labute approximate surface area is 168 Å². The van der Waals surface area contributed by atoms with Crippen molar-refractivity contribution in [3.63, 3.8) is 0 Å². The summed E-state index contributed by atoms with van der Waals surface area (Å²) < 4.78 is 11.3. The zero-order valence-electron chi connectivity index (χ0n) is 17.3. The van der Waals surface area contributed by atoms with Crippen molar-refractivity contribution in [2.24, 2.45) is 5.92 Å². The van der Waals surface area contributed by atoms with Gasteiger partial charge >= 0.3 is 0 Å². The van der Waals surface area contributed by atoms with E-state index < -0.39 is 0 Å². The van der Waals surface area contributed by atoms with Gasteiger partial charge in [-0.2, -0.15) is 0 Å². The highest BCUT2D eigenvalue weighted by atomic mass is 35.5. The minimum atomic E-state index is 0.00970. The number of carbonyl (C=O) groups is 1. The number of hydrogen-bond acceptors (Lipinski definition) is 4. The van der Waals surface area contributed by atoms with Crippen LogP contribution in [0.15, 0.2) is 12.1 Å². The molecule has 0 radical (unpaired) electrons. The van der Waals surface area contributed by atoms with E-state index in [-0.39, 0.29) is 11.9 Å². The van der Waals surface area contributed by atoms with Gasteiger partial charge < -0.3 is 19.3 Å². The lowest BCUT2D eigenvalue weighted by atomic mass is 10.00. The van der Waals surface area contributed by atoms with E-state index in [1.807, 2.05) is 19.0 Å². The molecule has 0 aliphatic carbocycles. The predicted molar refractivity (Wildman–Crippen MR) is 110 cm³/mol. The number of benzene rings is 1. The molecule has 1 unspecified atom stereocenters. The number of rotatable bonds is 8. The fourth-order valence-corrected chi connectivity index (χ4v) is 3.69. The maximum atomic E-state index is 13.2. The number of piperidine rings is 1. The second kappa shape index (κ2) is 10.2. The Hall–Kier alpha value is -1.46. The molecule has 0 bridgehead atoms. The number of amides is 1. The number of likely N-dealkylation sites (tertiary alicyclic amines) is 1. The number of halogens is 1. The Morgan fingerprint density at radius 2 is 2.07 bits per heavy atom. The van der Waals surface area contributed by atoms with E-state index >= 15 is 0 Å². The summed E-state index contributed by atoms with van der Waals surface area (Å²) in [6.07, 6.45) is 4.16. The first-order chi connectivity index (χ1) is 12.8. The summed E-state index contributed by atoms with van der Waals surface area (Å²) in [4.78, 5) is 17.3. The third-order valence-electron chi connectivity index (χ3n) is 4.88. The molecule has 1 saturated heterocycles. The van der Waals surface area contributed by atoms with Gasteiger partial charge in [0, 0.05) is 24.7 Å². The Morgan fingerprint density at radius 1 is 1.33 bits per heavy atom. The minimum absolute atomic E-state index is 0.00970. The van der Waals surface area contributed by atoms with Crippen LogP contribution < -0.4 is 9.47 Å². The van der Waals surface area contributed by atoms with E-state index in [1.54, 1.807) is 19.2 Å². The summed E-state index contributed by atoms with van der Waals surface area (Å²) in [5.74, 6) is 1.58. The van der Waals surface area contributed by atoms with E-state index in [2.05, 4.69) is 18.7 Å². The van der Waals surface area contributed by atoms with Crippen LogP contribution in [0.2, 0.25) is 5.02 Å². The van der Waals surface area contributed by atoms with Crippen LogP contribution in [0.5, 0.6) is 11.5 Å². The van der Waals surface area contributed by atoms with E-state index in [4.69, 9.17) is 21.1 Å². The fraction of sp³-hybridized carbons (Fsp3) is 0.667. The molecular weight excluding hydrogens is 364 g/mol. The maximum absolute atomic E-state index is 13.2. The molecule has 5 nitrogen and oxygen atoms in total. The number of ether oxygens (including phenoxy) is 2. The van der Waals surface area contributed by atoms with E-state index in [0.29, 0.717) is 34.6 Å². The van der Waals surface area contributed by atoms with E-state index in [1.165, 1.54) is 0 Å². The Balaban J connectivity index is 2.21. The number of carbonyl (C=O) groups excluding carboxylic acids is 1. The van der Waals surface area contributed by atoms with Crippen LogP contribution in [0.25, 0.3) is 0 Å². The van der Waals surface area contributed by atoms with E-state index in [9.17, 15) is 4.79 Å². The highest BCUT2D eigenvalue weighted by Crippen LogP contribution is 2.37. The molecule has 1 heterocycles. The molecule has 1 aliphatic heterocycles. The SMILES string of the molecule is COc1cc(C(=O)N2CCCCC2CN(C)C)cc(Cl)c1OCCC(C)C. The summed E-state index contributed by atoms with van der Waals surface area (Å²) in [5, 5.41) is 0.419. The Morgan fingerprint density at radius 3 is 2.70 bits per heavy atom. The highest BCUT2D eigenvalue weighted by molar-refractivity contribution is 6.32. The number of likely N-dealkylation sites (N-methyl/N-ethyl adjacent to an activating group) is 1. The molecule has 1 aliphatic rings. The molecule has 152 valence electrons. The number of hydrogen-bond donors (Lipinski definition) is 0. The van der Waals surface area contributed by atoms with Crippen LogP contribution in [0.3, 0.4) is 0 Å². The van der Waals surface area contributed by atoms with Crippen molar-refractivity contribution in [1.29, 1.82) is 0 Å². The summed E-state index contributed by atoms with van der Waals surface area (Å²) >= 11 is 6.45. The molecule has 0 aromatic heterocycles. The standard InChI is InChI=1S/C21H33ClN2O3/c1-15(2)9-11-27-20-18(22)12-16(13-19(20)26-5)21(25)24-10-7-6-8-17(24)14-23(3)4/h12-13,15,17H,6-11,14H2,1-5H3. The van der Waals surface area contributed by atoms with Crippen LogP contribution >= 0.6 is 11.6 Å². The second-order valence-corrected chi connectivity index (χ2v) is 8.34. The van der Waals surface area contributed by atoms with Crippen molar-refractivity contribution in [2.75, 3.05) is 40.9 Å². The second-order valence-electron chi connectivity index (χ2n) is 7.93. The van der Waals surface area contributed by atoms with Crippen LogP contribution in [-0.4, -0.2) is 62.7 Å². The van der Waals surface area contributed by atoms with Crippen LogP contribution in [0.4, 0.5) is 0 Å². The van der Waals surface area contributed by atoms with Gasteiger partial charge in [-0.15, -0.1) is 0 Å². The summed E-state index contributed by atoms with van der Waals surface area (Å²) in [7, 11) is 5.66. The quantitative estimate of drug-likeness (QED) is 0.655. The Kier molecular flexibility index (Phi) is 8.24. The van der Waals surface area contributed by atoms with Gasteiger partial charge in [0.25, 0.3) is 5.91 Å². The average molecular weight is 397 g/mol. The lowest BCUT2D eigenvalue weighted by Gasteiger charge is -2.37.